The van der Waals surface area contributed by atoms with Gasteiger partial charge in [-0.2, -0.15) is 0 Å². The van der Waals surface area contributed by atoms with Crippen LogP contribution in [0.1, 0.15) is 23.0 Å². The number of alkyl halides is 1. The van der Waals surface area contributed by atoms with E-state index in [2.05, 4.69) is 52.8 Å². The van der Waals surface area contributed by atoms with E-state index in [1.807, 2.05) is 19.1 Å². The van der Waals surface area contributed by atoms with Gasteiger partial charge in [0.15, 0.2) is 0 Å². The average Bonchev–Trinajstić information content (AvgIpc) is 2.68. The Morgan fingerprint density at radius 2 is 2.11 bits per heavy atom. The van der Waals surface area contributed by atoms with Crippen LogP contribution in [0.15, 0.2) is 21.1 Å². The van der Waals surface area contributed by atoms with Crippen molar-refractivity contribution in [3.05, 3.63) is 32.3 Å². The van der Waals surface area contributed by atoms with Crippen molar-refractivity contribution in [1.29, 1.82) is 0 Å². The number of aromatic amines is 1. The Hall–Kier alpha value is -0.330. The summed E-state index contributed by atoms with van der Waals surface area (Å²) in [6.45, 7) is 2.18. The molecule has 0 spiro atoms. The van der Waals surface area contributed by atoms with Crippen LogP contribution in [0, 0.1) is 0 Å². The first-order valence-electron chi connectivity index (χ1n) is 5.81. The van der Waals surface area contributed by atoms with E-state index in [1.54, 1.807) is 0 Å². The maximum atomic E-state index is 12.1. The number of hydrogen-bond donors (Lipinski definition) is 1. The largest absolute Gasteiger partial charge is 0.462 e. The van der Waals surface area contributed by atoms with Crippen molar-refractivity contribution in [2.75, 3.05) is 11.9 Å². The number of nitrogens with one attached hydrogen (secondary N) is 1. The van der Waals surface area contributed by atoms with Gasteiger partial charge in [0.2, 0.25) is 0 Å². The third-order valence-electron chi connectivity index (χ3n) is 2.73. The van der Waals surface area contributed by atoms with Crippen molar-refractivity contribution < 1.29 is 9.53 Å². The molecule has 0 unspecified atom stereocenters. The van der Waals surface area contributed by atoms with Gasteiger partial charge in [-0.05, 0) is 41.4 Å². The van der Waals surface area contributed by atoms with E-state index < -0.39 is 0 Å². The van der Waals surface area contributed by atoms with Crippen molar-refractivity contribution in [3.63, 3.8) is 0 Å². The zero-order valence-electron chi connectivity index (χ0n) is 10.2. The van der Waals surface area contributed by atoms with Gasteiger partial charge >= 0.3 is 5.97 Å². The number of benzene rings is 1. The third kappa shape index (κ3) is 3.06. The number of aromatic nitrogens is 1. The molecule has 0 bridgehead atoms. The number of aryl methyl sites for hydroxylation is 1. The van der Waals surface area contributed by atoms with Gasteiger partial charge in [-0.3, -0.25) is 0 Å². The first-order chi connectivity index (χ1) is 9.08. The zero-order chi connectivity index (χ0) is 14.0. The van der Waals surface area contributed by atoms with Crippen LogP contribution in [-0.2, 0) is 11.2 Å². The first-order valence-corrected chi connectivity index (χ1v) is 8.51. The molecule has 6 heteroatoms. The van der Waals surface area contributed by atoms with Crippen molar-refractivity contribution >= 4 is 64.7 Å². The molecule has 0 atom stereocenters. The van der Waals surface area contributed by atoms with E-state index in [1.165, 1.54) is 0 Å². The minimum absolute atomic E-state index is 0.283. The van der Waals surface area contributed by atoms with Crippen LogP contribution in [0.25, 0.3) is 10.9 Å². The van der Waals surface area contributed by atoms with Crippen LogP contribution < -0.4 is 0 Å². The van der Waals surface area contributed by atoms with Crippen LogP contribution in [0.2, 0.25) is 0 Å². The monoisotopic (exact) mass is 451 g/mol. The Kier molecular flexibility index (Phi) is 5.09. The molecule has 0 amide bonds. The number of H-pyrrole nitrogens is 1. The lowest BCUT2D eigenvalue weighted by Gasteiger charge is -2.03. The number of hydrogen-bond acceptors (Lipinski definition) is 2. The molecule has 0 aliphatic rings. The number of carbonyl (C=O) groups is 1. The van der Waals surface area contributed by atoms with Gasteiger partial charge in [0.05, 0.1) is 17.7 Å². The standard InChI is InChI=1S/C13H12Br3NO2/c1-2-19-13(18)11-8-5-7(15)6-9(16)12(8)17-10(11)3-4-14/h5-6,17H,2-4H2,1H3. The van der Waals surface area contributed by atoms with Gasteiger partial charge < -0.3 is 9.72 Å². The second kappa shape index (κ2) is 6.41. The summed E-state index contributed by atoms with van der Waals surface area (Å²) in [5.74, 6) is -0.283. The predicted molar refractivity (Wildman–Crippen MR) is 87.2 cm³/mol. The van der Waals surface area contributed by atoms with Crippen LogP contribution in [0.4, 0.5) is 0 Å². The minimum atomic E-state index is -0.283. The number of carbonyl (C=O) groups excluding carboxylic acids is 1. The molecule has 0 saturated carbocycles. The fraction of sp³-hybridized carbons (Fsp3) is 0.308. The maximum Gasteiger partial charge on any atom is 0.340 e. The van der Waals surface area contributed by atoms with Crippen molar-refractivity contribution in [1.82, 2.24) is 4.98 Å². The van der Waals surface area contributed by atoms with Gasteiger partial charge in [0, 0.05) is 25.4 Å². The van der Waals surface area contributed by atoms with Gasteiger partial charge in [0.25, 0.3) is 0 Å². The minimum Gasteiger partial charge on any atom is -0.462 e. The lowest BCUT2D eigenvalue weighted by molar-refractivity contribution is 0.0527. The van der Waals surface area contributed by atoms with E-state index in [9.17, 15) is 4.79 Å². The molecule has 2 rings (SSSR count). The number of ether oxygens (including phenoxy) is 1. The zero-order valence-corrected chi connectivity index (χ0v) is 15.0. The third-order valence-corrected chi connectivity index (χ3v) is 4.21. The summed E-state index contributed by atoms with van der Waals surface area (Å²) in [7, 11) is 0. The molecule has 0 radical (unpaired) electrons. The molecule has 3 nitrogen and oxygen atoms in total. The molecule has 1 aromatic heterocycles. The van der Waals surface area contributed by atoms with Crippen LogP contribution in [0.5, 0.6) is 0 Å². The fourth-order valence-electron chi connectivity index (χ4n) is 1.99. The average molecular weight is 454 g/mol. The predicted octanol–water partition coefficient (Wildman–Crippen LogP) is 4.81. The van der Waals surface area contributed by atoms with E-state index in [4.69, 9.17) is 4.74 Å². The molecule has 0 saturated heterocycles. The maximum absolute atomic E-state index is 12.1. The van der Waals surface area contributed by atoms with Gasteiger partial charge in [-0.1, -0.05) is 31.9 Å². The second-order valence-corrected chi connectivity index (χ2v) is 6.51. The number of rotatable bonds is 4. The van der Waals surface area contributed by atoms with Crippen LogP contribution in [-0.4, -0.2) is 22.9 Å². The Balaban J connectivity index is 2.68. The molecule has 2 aromatic rings. The first kappa shape index (κ1) is 15.1. The van der Waals surface area contributed by atoms with E-state index in [-0.39, 0.29) is 5.97 Å². The lowest BCUT2D eigenvalue weighted by Crippen LogP contribution is -2.07. The molecule has 102 valence electrons. The molecule has 1 N–H and O–H groups in total. The summed E-state index contributed by atoms with van der Waals surface area (Å²) in [5.41, 5.74) is 2.43. The van der Waals surface area contributed by atoms with Crippen molar-refractivity contribution in [2.24, 2.45) is 0 Å². The van der Waals surface area contributed by atoms with Crippen molar-refractivity contribution in [2.45, 2.75) is 13.3 Å². The van der Waals surface area contributed by atoms with Gasteiger partial charge in [-0.25, -0.2) is 4.79 Å². The van der Waals surface area contributed by atoms with Gasteiger partial charge in [0.1, 0.15) is 0 Å². The quantitative estimate of drug-likeness (QED) is 0.533. The summed E-state index contributed by atoms with van der Waals surface area (Å²) >= 11 is 10.4. The Bertz CT molecular complexity index is 622. The lowest BCUT2D eigenvalue weighted by atomic mass is 10.1. The molecule has 19 heavy (non-hydrogen) atoms. The van der Waals surface area contributed by atoms with Gasteiger partial charge in [-0.15, -0.1) is 0 Å². The highest BCUT2D eigenvalue weighted by Crippen LogP contribution is 2.32. The highest BCUT2D eigenvalue weighted by Gasteiger charge is 2.20. The highest BCUT2D eigenvalue weighted by molar-refractivity contribution is 9.11. The van der Waals surface area contributed by atoms with E-state index in [0.29, 0.717) is 12.2 Å². The number of halogens is 3. The molecule has 0 fully saturated rings. The molecular formula is C13H12Br3NO2. The summed E-state index contributed by atoms with van der Waals surface area (Å²) < 4.78 is 6.99. The molecular weight excluding hydrogens is 442 g/mol. The van der Waals surface area contributed by atoms with E-state index >= 15 is 0 Å². The van der Waals surface area contributed by atoms with Crippen molar-refractivity contribution in [3.8, 4) is 0 Å². The SMILES string of the molecule is CCOC(=O)c1c(CCBr)[nH]c2c(Br)cc(Br)cc12. The summed E-state index contributed by atoms with van der Waals surface area (Å²) in [6.07, 6.45) is 0.743. The normalized spacial score (nSPS) is 10.9. The van der Waals surface area contributed by atoms with Crippen LogP contribution >= 0.6 is 47.8 Å². The molecule has 0 aliphatic heterocycles. The molecule has 1 heterocycles. The smallest absolute Gasteiger partial charge is 0.340 e. The Morgan fingerprint density at radius 3 is 2.74 bits per heavy atom. The highest BCUT2D eigenvalue weighted by atomic mass is 79.9. The number of esters is 1. The molecule has 1 aromatic carbocycles. The second-order valence-electron chi connectivity index (χ2n) is 3.95. The Labute approximate surface area is 136 Å². The van der Waals surface area contributed by atoms with E-state index in [0.717, 1.165) is 37.3 Å². The fourth-order valence-corrected chi connectivity index (χ4v) is 3.71. The summed E-state index contributed by atoms with van der Waals surface area (Å²) in [6, 6.07) is 3.88. The number of fused-ring (bicyclic) bond motifs is 1. The van der Waals surface area contributed by atoms with Crippen LogP contribution in [0.3, 0.4) is 0 Å². The summed E-state index contributed by atoms with van der Waals surface area (Å²) in [4.78, 5) is 15.5. The summed E-state index contributed by atoms with van der Waals surface area (Å²) in [5, 5.41) is 1.65. The molecule has 0 aliphatic carbocycles. The topological polar surface area (TPSA) is 42.1 Å². The Morgan fingerprint density at radius 1 is 1.37 bits per heavy atom.